The van der Waals surface area contributed by atoms with Gasteiger partial charge in [-0.15, -0.1) is 0 Å². The first-order valence-corrected chi connectivity index (χ1v) is 9.78. The van der Waals surface area contributed by atoms with Crippen LogP contribution in [0.25, 0.3) is 11.5 Å². The molecule has 5 heterocycles. The summed E-state index contributed by atoms with van der Waals surface area (Å²) in [5, 5.41) is 6.34. The average Bonchev–Trinajstić information content (AvgIpc) is 3.49. The fraction of sp³-hybridized carbons (Fsp3) is 0.526. The van der Waals surface area contributed by atoms with Crippen LogP contribution in [0.15, 0.2) is 35.1 Å². The molecule has 154 valence electrons. The molecule has 0 spiro atoms. The van der Waals surface area contributed by atoms with Crippen LogP contribution in [0.1, 0.15) is 0 Å². The van der Waals surface area contributed by atoms with E-state index in [0.29, 0.717) is 56.9 Å². The number of anilines is 1. The van der Waals surface area contributed by atoms with Crippen molar-refractivity contribution in [3.05, 3.63) is 30.7 Å². The summed E-state index contributed by atoms with van der Waals surface area (Å²) in [6.07, 6.45) is 2.91. The van der Waals surface area contributed by atoms with Crippen molar-refractivity contribution in [1.29, 1.82) is 0 Å². The highest BCUT2D eigenvalue weighted by Gasteiger charge is 2.48. The molecule has 0 saturated carbocycles. The molecule has 0 radical (unpaired) electrons. The minimum Gasteiger partial charge on any atom is -0.463 e. The zero-order chi connectivity index (χ0) is 19.6. The highest BCUT2D eigenvalue weighted by molar-refractivity contribution is 5.74. The summed E-state index contributed by atoms with van der Waals surface area (Å²) in [7, 11) is 0. The number of nitrogens with one attached hydrogen (secondary N) is 2. The van der Waals surface area contributed by atoms with E-state index < -0.39 is 0 Å². The zero-order valence-corrected chi connectivity index (χ0v) is 15.8. The van der Waals surface area contributed by atoms with Crippen molar-refractivity contribution in [2.75, 3.05) is 44.8 Å². The van der Waals surface area contributed by atoms with Crippen LogP contribution in [-0.2, 0) is 14.2 Å². The predicted octanol–water partition coefficient (Wildman–Crippen LogP) is 0.725. The van der Waals surface area contributed by atoms with Crippen LogP contribution in [0.2, 0.25) is 0 Å². The van der Waals surface area contributed by atoms with Crippen LogP contribution < -0.4 is 10.6 Å². The maximum absolute atomic E-state index is 12.5. The molecule has 2 amide bonds. The Hall–Kier alpha value is -2.69. The second-order valence-electron chi connectivity index (χ2n) is 7.24. The van der Waals surface area contributed by atoms with E-state index in [1.807, 2.05) is 12.1 Å². The minimum atomic E-state index is -0.203. The third-order valence-corrected chi connectivity index (χ3v) is 5.40. The minimum absolute atomic E-state index is 0.0999. The first kappa shape index (κ1) is 18.3. The number of urea groups is 1. The normalized spacial score (nSPS) is 28.9. The van der Waals surface area contributed by atoms with Gasteiger partial charge >= 0.3 is 6.03 Å². The molecular formula is C19H23N5O5. The molecule has 3 fully saturated rings. The second-order valence-corrected chi connectivity index (χ2v) is 7.24. The molecule has 0 unspecified atom stereocenters. The van der Waals surface area contributed by atoms with E-state index in [4.69, 9.17) is 18.6 Å². The number of morpholine rings is 1. The smallest absolute Gasteiger partial charge is 0.317 e. The number of ether oxygens (including phenoxy) is 3. The molecule has 3 aliphatic rings. The summed E-state index contributed by atoms with van der Waals surface area (Å²) in [5.74, 6) is 1.16. The molecule has 2 aromatic rings. The van der Waals surface area contributed by atoms with Crippen LogP contribution in [0, 0.1) is 0 Å². The van der Waals surface area contributed by atoms with Gasteiger partial charge in [0.15, 0.2) is 5.76 Å². The lowest BCUT2D eigenvalue weighted by Gasteiger charge is -2.29. The topological polar surface area (TPSA) is 111 Å². The Balaban J connectivity index is 1.20. The molecular weight excluding hydrogens is 378 g/mol. The quantitative estimate of drug-likeness (QED) is 0.771. The molecule has 10 nitrogen and oxygen atoms in total. The van der Waals surface area contributed by atoms with Gasteiger partial charge in [0.25, 0.3) is 0 Å². The van der Waals surface area contributed by atoms with Crippen molar-refractivity contribution >= 4 is 12.0 Å². The molecule has 0 aromatic carbocycles. The van der Waals surface area contributed by atoms with Crippen molar-refractivity contribution in [1.82, 2.24) is 20.2 Å². The Bertz CT molecular complexity index is 841. The number of furan rings is 1. The fourth-order valence-corrected chi connectivity index (χ4v) is 3.92. The van der Waals surface area contributed by atoms with Crippen LogP contribution in [0.3, 0.4) is 0 Å². The highest BCUT2D eigenvalue weighted by Crippen LogP contribution is 2.29. The van der Waals surface area contributed by atoms with E-state index in [-0.39, 0.29) is 30.3 Å². The van der Waals surface area contributed by atoms with Gasteiger partial charge in [-0.25, -0.2) is 14.8 Å². The number of hydrogen-bond acceptors (Lipinski definition) is 8. The van der Waals surface area contributed by atoms with Crippen molar-refractivity contribution in [3.63, 3.8) is 0 Å². The standard InChI is InChI=1S/C19H23N5O5/c25-19(24-5-8-26-9-6-24)23-14-11-29-16-13(10-28-17(14)16)22-18-20-4-3-12(21-18)15-2-1-7-27-15/h1-4,7,13-14,16-17H,5-6,8-11H2,(H,23,25)(H,20,21,22)/t13-,14+,16-,17+/m1/s1. The molecule has 2 aromatic heterocycles. The SMILES string of the molecule is O=C(N[C@H]1CO[C@H]2[C@H]1OC[C@H]2Nc1nccc(-c2ccco2)n1)N1CCOCC1. The van der Waals surface area contributed by atoms with E-state index in [0.717, 1.165) is 0 Å². The highest BCUT2D eigenvalue weighted by atomic mass is 16.6. The van der Waals surface area contributed by atoms with Crippen LogP contribution in [0.4, 0.5) is 10.7 Å². The third kappa shape index (κ3) is 3.78. The Kier molecular flexibility index (Phi) is 5.04. The predicted molar refractivity (Wildman–Crippen MR) is 101 cm³/mol. The van der Waals surface area contributed by atoms with Crippen LogP contribution in [-0.4, -0.2) is 84.7 Å². The maximum atomic E-state index is 12.5. The number of carbonyl (C=O) groups is 1. The lowest BCUT2D eigenvalue weighted by molar-refractivity contribution is 0.0485. The molecule has 29 heavy (non-hydrogen) atoms. The summed E-state index contributed by atoms with van der Waals surface area (Å²) < 4.78 is 22.6. The van der Waals surface area contributed by atoms with E-state index >= 15 is 0 Å². The van der Waals surface area contributed by atoms with Gasteiger partial charge in [-0.3, -0.25) is 0 Å². The molecule has 2 N–H and O–H groups in total. The largest absolute Gasteiger partial charge is 0.463 e. The molecule has 3 saturated heterocycles. The van der Waals surface area contributed by atoms with Crippen molar-refractivity contribution in [2.45, 2.75) is 24.3 Å². The first-order chi connectivity index (χ1) is 14.3. The monoisotopic (exact) mass is 401 g/mol. The lowest BCUT2D eigenvalue weighted by atomic mass is 10.1. The average molecular weight is 401 g/mol. The van der Waals surface area contributed by atoms with Gasteiger partial charge in [0, 0.05) is 19.3 Å². The number of amides is 2. The maximum Gasteiger partial charge on any atom is 0.317 e. The number of nitrogens with zero attached hydrogens (tertiary/aromatic N) is 3. The zero-order valence-electron chi connectivity index (χ0n) is 15.8. The Labute approximate surface area is 167 Å². The summed E-state index contributed by atoms with van der Waals surface area (Å²) >= 11 is 0. The molecule has 4 atom stereocenters. The summed E-state index contributed by atoms with van der Waals surface area (Å²) in [5.41, 5.74) is 0.700. The van der Waals surface area contributed by atoms with Gasteiger partial charge in [-0.1, -0.05) is 0 Å². The van der Waals surface area contributed by atoms with E-state index in [1.54, 1.807) is 23.4 Å². The summed E-state index contributed by atoms with van der Waals surface area (Å²) in [6, 6.07) is 5.08. The Morgan fingerprint density at radius 3 is 2.69 bits per heavy atom. The van der Waals surface area contributed by atoms with E-state index in [2.05, 4.69) is 20.6 Å². The van der Waals surface area contributed by atoms with Crippen molar-refractivity contribution in [3.8, 4) is 11.5 Å². The first-order valence-electron chi connectivity index (χ1n) is 9.78. The molecule has 3 aliphatic heterocycles. The number of hydrogen-bond donors (Lipinski definition) is 2. The lowest BCUT2D eigenvalue weighted by Crippen LogP contribution is -2.52. The fourth-order valence-electron chi connectivity index (χ4n) is 3.92. The molecule has 0 aliphatic carbocycles. The van der Waals surface area contributed by atoms with Gasteiger partial charge in [0.05, 0.1) is 44.8 Å². The third-order valence-electron chi connectivity index (χ3n) is 5.40. The molecule has 0 bridgehead atoms. The number of rotatable bonds is 4. The van der Waals surface area contributed by atoms with Gasteiger partial charge in [-0.05, 0) is 18.2 Å². The van der Waals surface area contributed by atoms with Gasteiger partial charge in [-0.2, -0.15) is 0 Å². The van der Waals surface area contributed by atoms with Crippen LogP contribution >= 0.6 is 0 Å². The molecule has 10 heteroatoms. The summed E-state index contributed by atoms with van der Waals surface area (Å²) in [6.45, 7) is 3.20. The Morgan fingerprint density at radius 1 is 1.10 bits per heavy atom. The summed E-state index contributed by atoms with van der Waals surface area (Å²) in [4.78, 5) is 23.0. The second kappa shape index (κ2) is 7.97. The van der Waals surface area contributed by atoms with Gasteiger partial charge in [0.2, 0.25) is 5.95 Å². The van der Waals surface area contributed by atoms with Crippen LogP contribution in [0.5, 0.6) is 0 Å². The van der Waals surface area contributed by atoms with E-state index in [9.17, 15) is 4.79 Å². The van der Waals surface area contributed by atoms with Crippen molar-refractivity contribution < 1.29 is 23.4 Å². The number of fused-ring (bicyclic) bond motifs is 1. The Morgan fingerprint density at radius 2 is 1.90 bits per heavy atom. The number of carbonyl (C=O) groups excluding carboxylic acids is 1. The molecule has 5 rings (SSSR count). The van der Waals surface area contributed by atoms with Gasteiger partial charge < -0.3 is 34.2 Å². The number of aromatic nitrogens is 2. The van der Waals surface area contributed by atoms with E-state index in [1.165, 1.54) is 0 Å². The van der Waals surface area contributed by atoms with Crippen molar-refractivity contribution in [2.24, 2.45) is 0 Å². The van der Waals surface area contributed by atoms with Gasteiger partial charge in [0.1, 0.15) is 17.9 Å².